The molecule has 1 saturated carbocycles. The molecule has 0 radical (unpaired) electrons. The van der Waals surface area contributed by atoms with Crippen LogP contribution in [0.1, 0.15) is 65.7 Å². The van der Waals surface area contributed by atoms with Crippen LogP contribution in [0.15, 0.2) is 0 Å². The fraction of sp³-hybridized carbons (Fsp3) is 1.00. The van der Waals surface area contributed by atoms with E-state index in [9.17, 15) is 0 Å². The maximum absolute atomic E-state index is 6.03. The van der Waals surface area contributed by atoms with E-state index >= 15 is 0 Å². The molecular formula is C19H38N2O. The van der Waals surface area contributed by atoms with Crippen LogP contribution >= 0.6 is 0 Å². The average molecular weight is 311 g/mol. The summed E-state index contributed by atoms with van der Waals surface area (Å²) in [5.41, 5.74) is 0.416. The van der Waals surface area contributed by atoms with Crippen LogP contribution < -0.4 is 0 Å². The van der Waals surface area contributed by atoms with Crippen molar-refractivity contribution >= 4 is 0 Å². The van der Waals surface area contributed by atoms with Crippen molar-refractivity contribution in [3.8, 4) is 0 Å². The maximum atomic E-state index is 6.03. The zero-order valence-corrected chi connectivity index (χ0v) is 15.7. The second kappa shape index (κ2) is 7.63. The highest BCUT2D eigenvalue weighted by Crippen LogP contribution is 2.41. The molecule has 22 heavy (non-hydrogen) atoms. The lowest BCUT2D eigenvalue weighted by Gasteiger charge is -2.49. The Bertz CT molecular complexity index is 336. The molecule has 1 saturated heterocycles. The predicted molar refractivity (Wildman–Crippen MR) is 94.4 cm³/mol. The van der Waals surface area contributed by atoms with Gasteiger partial charge in [0.1, 0.15) is 0 Å². The van der Waals surface area contributed by atoms with Gasteiger partial charge in [-0.3, -0.25) is 0 Å². The van der Waals surface area contributed by atoms with Crippen molar-refractivity contribution in [3.05, 3.63) is 0 Å². The smallest absolute Gasteiger partial charge is 0.0632 e. The van der Waals surface area contributed by atoms with E-state index in [1.807, 2.05) is 0 Å². The molecule has 0 aromatic carbocycles. The SMILES string of the molecule is CCN(C[C@]1(CN(C)C)CCOC(C)(C)C1)C1CCCCC1. The summed E-state index contributed by atoms with van der Waals surface area (Å²) in [4.78, 5) is 5.18. The molecule has 2 fully saturated rings. The standard InChI is InChI=1S/C19H38N2O/c1-6-21(17-10-8-7-9-11-17)16-19(15-20(4)5)12-13-22-18(2,3)14-19/h17H,6-16H2,1-5H3/t19-/m1/s1. The molecule has 1 atom stereocenters. The van der Waals surface area contributed by atoms with Gasteiger partial charge in [-0.2, -0.15) is 0 Å². The third kappa shape index (κ3) is 4.94. The van der Waals surface area contributed by atoms with Crippen molar-refractivity contribution in [2.45, 2.75) is 77.4 Å². The molecule has 0 aromatic heterocycles. The van der Waals surface area contributed by atoms with E-state index in [0.717, 1.165) is 12.6 Å². The quantitative estimate of drug-likeness (QED) is 0.742. The number of nitrogens with zero attached hydrogens (tertiary/aromatic N) is 2. The summed E-state index contributed by atoms with van der Waals surface area (Å²) in [5.74, 6) is 0. The first-order valence-electron chi connectivity index (χ1n) is 9.39. The normalized spacial score (nSPS) is 30.1. The summed E-state index contributed by atoms with van der Waals surface area (Å²) in [6.07, 6.45) is 9.50. The van der Waals surface area contributed by atoms with Crippen LogP contribution in [-0.2, 0) is 4.74 Å². The van der Waals surface area contributed by atoms with Gasteiger partial charge in [-0.25, -0.2) is 0 Å². The molecule has 3 heteroatoms. The molecule has 2 rings (SSSR count). The Hall–Kier alpha value is -0.120. The van der Waals surface area contributed by atoms with Crippen molar-refractivity contribution in [2.75, 3.05) is 40.3 Å². The van der Waals surface area contributed by atoms with Gasteiger partial charge in [0.2, 0.25) is 0 Å². The van der Waals surface area contributed by atoms with E-state index < -0.39 is 0 Å². The molecule has 130 valence electrons. The lowest BCUT2D eigenvalue weighted by molar-refractivity contribution is -0.119. The van der Waals surface area contributed by atoms with Crippen molar-refractivity contribution in [3.63, 3.8) is 0 Å². The molecule has 3 nitrogen and oxygen atoms in total. The van der Waals surface area contributed by atoms with Crippen LogP contribution in [0.4, 0.5) is 0 Å². The summed E-state index contributed by atoms with van der Waals surface area (Å²) in [6.45, 7) is 11.4. The van der Waals surface area contributed by atoms with E-state index in [1.165, 1.54) is 64.6 Å². The molecule has 1 aliphatic heterocycles. The number of rotatable bonds is 6. The van der Waals surface area contributed by atoms with Crippen molar-refractivity contribution in [2.24, 2.45) is 5.41 Å². The van der Waals surface area contributed by atoms with E-state index in [2.05, 4.69) is 44.7 Å². The second-order valence-electron chi connectivity index (χ2n) is 8.63. The average Bonchev–Trinajstić information content (AvgIpc) is 2.44. The molecule has 0 amide bonds. The fourth-order valence-corrected chi connectivity index (χ4v) is 4.95. The Morgan fingerprint density at radius 2 is 1.73 bits per heavy atom. The Labute approximate surface area is 138 Å². The van der Waals surface area contributed by atoms with Gasteiger partial charge in [0, 0.05) is 31.2 Å². The molecule has 0 spiro atoms. The fourth-order valence-electron chi connectivity index (χ4n) is 4.95. The third-order valence-electron chi connectivity index (χ3n) is 5.61. The highest BCUT2D eigenvalue weighted by atomic mass is 16.5. The molecule has 0 bridgehead atoms. The molecule has 0 aromatic rings. The Morgan fingerprint density at radius 1 is 1.05 bits per heavy atom. The molecule has 0 N–H and O–H groups in total. The highest BCUT2D eigenvalue weighted by molar-refractivity contribution is 4.95. The van der Waals surface area contributed by atoms with E-state index in [0.29, 0.717) is 5.41 Å². The predicted octanol–water partition coefficient (Wildman–Crippen LogP) is 3.78. The lowest BCUT2D eigenvalue weighted by Crippen LogP contribution is -2.53. The van der Waals surface area contributed by atoms with E-state index in [-0.39, 0.29) is 5.60 Å². The number of ether oxygens (including phenoxy) is 1. The van der Waals surface area contributed by atoms with Crippen LogP contribution in [-0.4, -0.2) is 61.8 Å². The van der Waals surface area contributed by atoms with Gasteiger partial charge in [0.05, 0.1) is 5.60 Å². The first-order valence-corrected chi connectivity index (χ1v) is 9.39. The molecular weight excluding hydrogens is 272 g/mol. The largest absolute Gasteiger partial charge is 0.376 e. The maximum Gasteiger partial charge on any atom is 0.0632 e. The Morgan fingerprint density at radius 3 is 2.27 bits per heavy atom. The van der Waals surface area contributed by atoms with Crippen LogP contribution in [0.5, 0.6) is 0 Å². The monoisotopic (exact) mass is 310 g/mol. The summed E-state index contributed by atoms with van der Waals surface area (Å²) >= 11 is 0. The Kier molecular flexibility index (Phi) is 6.32. The first kappa shape index (κ1) is 18.2. The number of hydrogen-bond acceptors (Lipinski definition) is 3. The molecule has 0 unspecified atom stereocenters. The summed E-state index contributed by atoms with van der Waals surface area (Å²) in [7, 11) is 4.45. The van der Waals surface area contributed by atoms with E-state index in [4.69, 9.17) is 4.74 Å². The second-order valence-corrected chi connectivity index (χ2v) is 8.63. The minimum atomic E-state index is 0.0280. The van der Waals surface area contributed by atoms with Gasteiger partial charge in [-0.15, -0.1) is 0 Å². The van der Waals surface area contributed by atoms with Crippen LogP contribution in [0.3, 0.4) is 0 Å². The Balaban J connectivity index is 2.10. The van der Waals surface area contributed by atoms with Gasteiger partial charge in [-0.1, -0.05) is 26.2 Å². The van der Waals surface area contributed by atoms with Crippen LogP contribution in [0, 0.1) is 5.41 Å². The minimum Gasteiger partial charge on any atom is -0.376 e. The van der Waals surface area contributed by atoms with Crippen molar-refractivity contribution in [1.82, 2.24) is 9.80 Å². The lowest BCUT2D eigenvalue weighted by atomic mass is 9.72. The summed E-state index contributed by atoms with van der Waals surface area (Å²) in [6, 6.07) is 0.823. The van der Waals surface area contributed by atoms with Crippen LogP contribution in [0.2, 0.25) is 0 Å². The van der Waals surface area contributed by atoms with Crippen molar-refractivity contribution in [1.29, 1.82) is 0 Å². The van der Waals surface area contributed by atoms with Gasteiger partial charge >= 0.3 is 0 Å². The van der Waals surface area contributed by atoms with Gasteiger partial charge < -0.3 is 14.5 Å². The van der Waals surface area contributed by atoms with Crippen molar-refractivity contribution < 1.29 is 4.74 Å². The van der Waals surface area contributed by atoms with Gasteiger partial charge in [0.25, 0.3) is 0 Å². The first-order chi connectivity index (χ1) is 10.4. The number of hydrogen-bond donors (Lipinski definition) is 0. The van der Waals surface area contributed by atoms with Gasteiger partial charge in [-0.05, 0) is 60.2 Å². The molecule has 1 heterocycles. The zero-order valence-electron chi connectivity index (χ0n) is 15.7. The molecule has 1 aliphatic carbocycles. The third-order valence-corrected chi connectivity index (χ3v) is 5.61. The molecule has 2 aliphatic rings. The van der Waals surface area contributed by atoms with E-state index in [1.54, 1.807) is 0 Å². The topological polar surface area (TPSA) is 15.7 Å². The van der Waals surface area contributed by atoms with Crippen LogP contribution in [0.25, 0.3) is 0 Å². The summed E-state index contributed by atoms with van der Waals surface area (Å²) < 4.78 is 6.03. The highest BCUT2D eigenvalue weighted by Gasteiger charge is 2.42. The minimum absolute atomic E-state index is 0.0280. The van der Waals surface area contributed by atoms with Gasteiger partial charge in [0.15, 0.2) is 0 Å². The summed E-state index contributed by atoms with van der Waals surface area (Å²) in [5, 5.41) is 0. The zero-order chi connectivity index (χ0) is 16.2.